The van der Waals surface area contributed by atoms with Gasteiger partial charge >= 0.3 is 24.2 Å². The number of benzene rings is 5. The Balaban J connectivity index is 1.02. The molecule has 1 unspecified atom stereocenters. The van der Waals surface area contributed by atoms with Crippen LogP contribution in [0.3, 0.4) is 0 Å². The number of ether oxygens (including phenoxy) is 7. The number of halogens is 1. The largest absolute Gasteiger partial charge is 0.514 e. The zero-order chi connectivity index (χ0) is 64.7. The Hall–Kier alpha value is -8.23. The monoisotopic (exact) mass is 1360 g/mol. The molecular weight excluding hydrogens is 1300 g/mol. The summed E-state index contributed by atoms with van der Waals surface area (Å²) in [6, 6.07) is 37.9. The Kier molecular flexibility index (Phi) is 20.5. The number of fused-ring (bicyclic) bond motifs is 2. The quantitative estimate of drug-likeness (QED) is 0.0105. The maximum atomic E-state index is 14.8. The van der Waals surface area contributed by atoms with Crippen molar-refractivity contribution in [1.82, 2.24) is 15.2 Å². The SMILES string of the molecule is COc1ccc(COC(=O)C2=C(CSc3cc(=O)c4cc(OC(=O)OC(C)(C)C)c(OC(=O)OC(C)(C)C)c(Br)c4s3)CS[C@@H]3C(NC(=O)/C(=N\OCC(=O)OC(C)(C)C)c4csc(NC(c5ccccc5)(c5ccccc5)c5ccccc5)n4)C(=O)N23)cc1. The number of anilines is 1. The molecule has 25 heteroatoms. The number of nitrogens with one attached hydrogen (secondary N) is 2. The number of β-lactam (4-membered cyclic amide) rings is 1. The first-order valence-electron chi connectivity index (χ1n) is 28.0. The molecule has 0 aliphatic carbocycles. The number of hydrogen-bond donors (Lipinski definition) is 2. The highest BCUT2D eigenvalue weighted by Gasteiger charge is 2.55. The van der Waals surface area contributed by atoms with E-state index in [1.165, 1.54) is 59.0 Å². The molecule has 2 atom stereocenters. The van der Waals surface area contributed by atoms with Crippen LogP contribution >= 0.6 is 62.1 Å². The molecule has 90 heavy (non-hydrogen) atoms. The summed E-state index contributed by atoms with van der Waals surface area (Å²) in [4.78, 5) is 109. The molecule has 0 spiro atoms. The summed E-state index contributed by atoms with van der Waals surface area (Å²) in [6.45, 7) is 14.1. The number of oxime groups is 1. The van der Waals surface area contributed by atoms with E-state index in [0.717, 1.165) is 28.0 Å². The van der Waals surface area contributed by atoms with E-state index in [0.29, 0.717) is 30.9 Å². The smallest absolute Gasteiger partial charge is 0.497 e. The van der Waals surface area contributed by atoms with Crippen molar-refractivity contribution in [2.24, 2.45) is 5.16 Å². The van der Waals surface area contributed by atoms with Crippen LogP contribution in [0.15, 0.2) is 163 Å². The van der Waals surface area contributed by atoms with Gasteiger partial charge < -0.3 is 48.6 Å². The Bertz CT molecular complexity index is 3860. The van der Waals surface area contributed by atoms with Gasteiger partial charge in [-0.15, -0.1) is 46.2 Å². The Morgan fingerprint density at radius 3 is 1.90 bits per heavy atom. The van der Waals surface area contributed by atoms with Gasteiger partial charge in [0.05, 0.1) is 20.5 Å². The molecule has 2 aliphatic rings. The molecule has 4 heterocycles. The molecule has 0 radical (unpaired) electrons. The van der Waals surface area contributed by atoms with Gasteiger partial charge in [0.2, 0.25) is 6.61 Å². The van der Waals surface area contributed by atoms with E-state index >= 15 is 0 Å². The van der Waals surface area contributed by atoms with Crippen molar-refractivity contribution in [2.45, 2.75) is 107 Å². The maximum Gasteiger partial charge on any atom is 0.514 e. The normalized spacial score (nSPS) is 15.2. The van der Waals surface area contributed by atoms with Crippen molar-refractivity contribution >= 4 is 119 Å². The van der Waals surface area contributed by atoms with Gasteiger partial charge in [-0.25, -0.2) is 24.2 Å². The zero-order valence-corrected chi connectivity index (χ0v) is 55.5. The van der Waals surface area contributed by atoms with E-state index in [-0.39, 0.29) is 56.6 Å². The lowest BCUT2D eigenvalue weighted by molar-refractivity contribution is -0.160. The number of aromatic nitrogens is 1. The van der Waals surface area contributed by atoms with Crippen molar-refractivity contribution in [1.29, 1.82) is 0 Å². The highest BCUT2D eigenvalue weighted by Crippen LogP contribution is 2.47. The van der Waals surface area contributed by atoms with Gasteiger partial charge in [-0.05, 0) is 124 Å². The minimum absolute atomic E-state index is 0.0508. The minimum atomic E-state index is -1.21. The lowest BCUT2D eigenvalue weighted by Gasteiger charge is -2.49. The molecule has 7 aromatic rings. The predicted molar refractivity (Wildman–Crippen MR) is 348 cm³/mol. The second-order valence-electron chi connectivity index (χ2n) is 23.3. The number of esters is 2. The van der Waals surface area contributed by atoms with Crippen LogP contribution in [0.25, 0.3) is 10.1 Å². The summed E-state index contributed by atoms with van der Waals surface area (Å²) >= 11 is 8.31. The standard InChI is InChI=1S/C65H64BrN5O15S4/c1-62(2,3)84-47(73)33-81-70-50(44-36-89-59(67-44)69-65(39-20-14-11-15-21-39,40-22-16-12-17-23-40)41-24-18-13-19-25-41)55(74)68-51-56(75)71-52(58(76)80-32-37-26-28-42(79-10)29-27-37)38(35-88-57(51)71)34-87-48-31-45(72)43-30-46(82-60(77)85-63(4,5)6)53(49(66)54(43)90-48)83-61(78)86-64(7,8)9/h11-31,36,51,57H,32-35H2,1-10H3,(H,67,69)(H,68,74)/b70-50-/t51?,57-/m1/s1. The van der Waals surface area contributed by atoms with Crippen LogP contribution in [0.5, 0.6) is 17.2 Å². The van der Waals surface area contributed by atoms with Crippen LogP contribution < -0.4 is 30.3 Å². The van der Waals surface area contributed by atoms with Crippen LogP contribution in [-0.2, 0) is 55.1 Å². The highest BCUT2D eigenvalue weighted by atomic mass is 79.9. The summed E-state index contributed by atoms with van der Waals surface area (Å²) in [5.74, 6) is -2.81. The second-order valence-corrected chi connectivity index (χ2v) is 28.4. The molecule has 2 aromatic heterocycles. The molecule has 470 valence electrons. The van der Waals surface area contributed by atoms with Crippen molar-refractivity contribution < 1.29 is 66.8 Å². The molecular formula is C65H64BrN5O15S4. The molecule has 0 saturated carbocycles. The third kappa shape index (κ3) is 16.0. The molecule has 20 nitrogen and oxygen atoms in total. The molecule has 2 amide bonds. The van der Waals surface area contributed by atoms with Gasteiger partial charge in [0, 0.05) is 28.3 Å². The molecule has 2 aliphatic heterocycles. The number of carbonyl (C=O) groups is 6. The van der Waals surface area contributed by atoms with Gasteiger partial charge in [0.1, 0.15) is 57.5 Å². The average Bonchev–Trinajstić information content (AvgIpc) is 0.880. The van der Waals surface area contributed by atoms with Gasteiger partial charge in [-0.3, -0.25) is 19.3 Å². The molecule has 0 bridgehead atoms. The minimum Gasteiger partial charge on any atom is -0.497 e. The molecule has 2 N–H and O–H groups in total. The maximum absolute atomic E-state index is 14.8. The molecule has 5 aromatic carbocycles. The highest BCUT2D eigenvalue weighted by molar-refractivity contribution is 9.10. The van der Waals surface area contributed by atoms with E-state index < -0.39 is 81.9 Å². The van der Waals surface area contributed by atoms with Crippen LogP contribution in [0.2, 0.25) is 0 Å². The fourth-order valence-electron chi connectivity index (χ4n) is 9.34. The zero-order valence-electron chi connectivity index (χ0n) is 50.7. The Morgan fingerprint density at radius 1 is 0.756 bits per heavy atom. The van der Waals surface area contributed by atoms with Crippen molar-refractivity contribution in [2.75, 3.05) is 30.5 Å². The van der Waals surface area contributed by atoms with Crippen LogP contribution in [-0.4, -0.2) is 105 Å². The van der Waals surface area contributed by atoms with Gasteiger partial charge in [-0.1, -0.05) is 108 Å². The number of rotatable bonds is 20. The number of thioether (sulfide) groups is 2. The third-order valence-electron chi connectivity index (χ3n) is 13.1. The fraction of sp³-hybridized carbons (Fsp3) is 0.308. The molecule has 1 saturated heterocycles. The van der Waals surface area contributed by atoms with Crippen LogP contribution in [0.4, 0.5) is 14.7 Å². The lowest BCUT2D eigenvalue weighted by atomic mass is 9.77. The van der Waals surface area contributed by atoms with Crippen molar-refractivity contribution in [3.63, 3.8) is 0 Å². The predicted octanol–water partition coefficient (Wildman–Crippen LogP) is 12.8. The lowest BCUT2D eigenvalue weighted by Crippen LogP contribution is -2.71. The van der Waals surface area contributed by atoms with E-state index in [9.17, 15) is 33.6 Å². The number of nitrogens with zero attached hydrogens (tertiary/aromatic N) is 3. The number of hydrogen-bond acceptors (Lipinski definition) is 22. The van der Waals surface area contributed by atoms with Crippen LogP contribution in [0.1, 0.15) is 90.3 Å². The van der Waals surface area contributed by atoms with E-state index in [1.807, 2.05) is 91.0 Å². The Morgan fingerprint density at radius 2 is 1.33 bits per heavy atom. The second kappa shape index (κ2) is 27.9. The summed E-state index contributed by atoms with van der Waals surface area (Å²) in [7, 11) is 1.53. The summed E-state index contributed by atoms with van der Waals surface area (Å²) in [6.07, 6.45) is -2.23. The van der Waals surface area contributed by atoms with Crippen LogP contribution in [0, 0.1) is 0 Å². The number of carbonyl (C=O) groups excluding carboxylic acids is 6. The molecule has 9 rings (SSSR count). The topological polar surface area (TPSA) is 246 Å². The Labute approximate surface area is 544 Å². The van der Waals surface area contributed by atoms with Crippen molar-refractivity contribution in [3.8, 4) is 17.2 Å². The first-order chi connectivity index (χ1) is 42.7. The summed E-state index contributed by atoms with van der Waals surface area (Å²) in [5.41, 5.74) is -0.789. The third-order valence-corrected chi connectivity index (χ3v) is 18.7. The van der Waals surface area contributed by atoms with Gasteiger partial charge in [0.25, 0.3) is 11.8 Å². The van der Waals surface area contributed by atoms with E-state index in [2.05, 4.69) is 31.7 Å². The summed E-state index contributed by atoms with van der Waals surface area (Å²) in [5, 5.41) is 12.0. The van der Waals surface area contributed by atoms with E-state index in [4.69, 9.17) is 43.0 Å². The van der Waals surface area contributed by atoms with Gasteiger partial charge in [0.15, 0.2) is 27.8 Å². The van der Waals surface area contributed by atoms with Gasteiger partial charge in [-0.2, -0.15) is 0 Å². The number of methoxy groups -OCH3 is 1. The van der Waals surface area contributed by atoms with E-state index in [1.54, 1.807) is 92.0 Å². The fourth-order valence-corrected chi connectivity index (χ4v) is 14.5. The number of amides is 2. The number of thiazole rings is 1. The van der Waals surface area contributed by atoms with Crippen molar-refractivity contribution in [3.05, 3.63) is 187 Å². The first kappa shape index (κ1) is 66.2. The summed E-state index contributed by atoms with van der Waals surface area (Å²) < 4.78 is 39.4. The first-order valence-corrected chi connectivity index (χ1v) is 32.6. The molecule has 1 fully saturated rings. The average molecular weight is 1360 g/mol.